The van der Waals surface area contributed by atoms with Crippen LogP contribution in [0.5, 0.6) is 0 Å². The molecule has 0 bridgehead atoms. The molecule has 2 N–H and O–H groups in total. The van der Waals surface area contributed by atoms with E-state index >= 15 is 0 Å². The van der Waals surface area contributed by atoms with Crippen molar-refractivity contribution in [2.45, 2.75) is 75.8 Å². The lowest BCUT2D eigenvalue weighted by Crippen LogP contribution is -2.55. The van der Waals surface area contributed by atoms with Gasteiger partial charge in [0.05, 0.1) is 0 Å². The lowest BCUT2D eigenvalue weighted by molar-refractivity contribution is 0.0985. The molecule has 2 saturated heterocycles. The SMILES string of the molecule is CC1CCNC2(C1)CC2CC1CCNC2(CCC2)C1. The highest BCUT2D eigenvalue weighted by atomic mass is 15.1. The molecule has 4 aliphatic rings. The number of hydrogen-bond acceptors (Lipinski definition) is 2. The highest BCUT2D eigenvalue weighted by Gasteiger charge is 2.56. The van der Waals surface area contributed by atoms with Crippen molar-refractivity contribution in [3.8, 4) is 0 Å². The van der Waals surface area contributed by atoms with Crippen LogP contribution < -0.4 is 10.6 Å². The van der Waals surface area contributed by atoms with Gasteiger partial charge in [-0.05, 0) is 88.6 Å². The summed E-state index contributed by atoms with van der Waals surface area (Å²) in [4.78, 5) is 0. The van der Waals surface area contributed by atoms with E-state index in [2.05, 4.69) is 17.6 Å². The molecule has 19 heavy (non-hydrogen) atoms. The molecule has 2 nitrogen and oxygen atoms in total. The van der Waals surface area contributed by atoms with Crippen LogP contribution in [0, 0.1) is 17.8 Å². The van der Waals surface area contributed by atoms with Crippen molar-refractivity contribution in [3.63, 3.8) is 0 Å². The minimum atomic E-state index is 0.593. The second kappa shape index (κ2) is 4.46. The topological polar surface area (TPSA) is 24.1 Å². The van der Waals surface area contributed by atoms with Crippen molar-refractivity contribution in [2.75, 3.05) is 13.1 Å². The Morgan fingerprint density at radius 1 is 1.00 bits per heavy atom. The molecule has 2 spiro atoms. The highest BCUT2D eigenvalue weighted by molar-refractivity contribution is 5.13. The molecule has 0 radical (unpaired) electrons. The molecule has 4 rings (SSSR count). The van der Waals surface area contributed by atoms with Crippen molar-refractivity contribution < 1.29 is 0 Å². The summed E-state index contributed by atoms with van der Waals surface area (Å²) in [7, 11) is 0. The third-order valence-electron chi connectivity index (χ3n) is 6.72. The summed E-state index contributed by atoms with van der Waals surface area (Å²) < 4.78 is 0. The van der Waals surface area contributed by atoms with Crippen molar-refractivity contribution in [1.29, 1.82) is 0 Å². The summed E-state index contributed by atoms with van der Waals surface area (Å²) in [6.07, 6.45) is 13.1. The van der Waals surface area contributed by atoms with Gasteiger partial charge in [-0.2, -0.15) is 0 Å². The smallest absolute Gasteiger partial charge is 0.0216 e. The second-order valence-electron chi connectivity index (χ2n) is 8.24. The van der Waals surface area contributed by atoms with Gasteiger partial charge in [0.25, 0.3) is 0 Å². The van der Waals surface area contributed by atoms with E-state index in [0.29, 0.717) is 11.1 Å². The van der Waals surface area contributed by atoms with E-state index in [1.807, 2.05) is 0 Å². The summed E-state index contributed by atoms with van der Waals surface area (Å²) >= 11 is 0. The van der Waals surface area contributed by atoms with Crippen LogP contribution in [0.2, 0.25) is 0 Å². The Labute approximate surface area is 118 Å². The highest BCUT2D eigenvalue weighted by Crippen LogP contribution is 2.54. The zero-order valence-electron chi connectivity index (χ0n) is 12.5. The number of nitrogens with one attached hydrogen (secondary N) is 2. The standard InChI is InChI=1S/C17H30N2/c1-13-3-7-19-17(10-13)12-15(17)9-14-4-8-18-16(11-14)5-2-6-16/h13-15,18-19H,2-12H2,1H3. The molecule has 0 aromatic carbocycles. The van der Waals surface area contributed by atoms with Gasteiger partial charge in [-0.3, -0.25) is 0 Å². The summed E-state index contributed by atoms with van der Waals surface area (Å²) in [6, 6.07) is 0. The Hall–Kier alpha value is -0.0800. The van der Waals surface area contributed by atoms with E-state index < -0.39 is 0 Å². The monoisotopic (exact) mass is 262 g/mol. The lowest BCUT2D eigenvalue weighted by Gasteiger charge is -2.48. The molecular weight excluding hydrogens is 232 g/mol. The van der Waals surface area contributed by atoms with E-state index in [1.165, 1.54) is 70.9 Å². The van der Waals surface area contributed by atoms with E-state index in [-0.39, 0.29) is 0 Å². The van der Waals surface area contributed by atoms with Crippen molar-refractivity contribution in [1.82, 2.24) is 10.6 Å². The van der Waals surface area contributed by atoms with E-state index in [1.54, 1.807) is 0 Å². The fourth-order valence-electron chi connectivity index (χ4n) is 5.38. The molecule has 0 aromatic rings. The maximum atomic E-state index is 3.87. The molecule has 2 saturated carbocycles. The minimum absolute atomic E-state index is 0.593. The number of hydrogen-bond donors (Lipinski definition) is 2. The average molecular weight is 262 g/mol. The van der Waals surface area contributed by atoms with Gasteiger partial charge in [0, 0.05) is 11.1 Å². The van der Waals surface area contributed by atoms with Gasteiger partial charge in [-0.25, -0.2) is 0 Å². The van der Waals surface area contributed by atoms with Gasteiger partial charge in [-0.1, -0.05) is 6.92 Å². The largest absolute Gasteiger partial charge is 0.311 e. The normalized spacial score (nSPS) is 48.2. The van der Waals surface area contributed by atoms with E-state index in [9.17, 15) is 0 Å². The van der Waals surface area contributed by atoms with Crippen molar-refractivity contribution in [2.24, 2.45) is 17.8 Å². The fraction of sp³-hybridized carbons (Fsp3) is 1.00. The van der Waals surface area contributed by atoms with E-state index in [0.717, 1.165) is 17.8 Å². The molecule has 2 heterocycles. The maximum Gasteiger partial charge on any atom is 0.0216 e. The van der Waals surface area contributed by atoms with E-state index in [4.69, 9.17) is 0 Å². The van der Waals surface area contributed by atoms with Crippen LogP contribution in [0.25, 0.3) is 0 Å². The maximum absolute atomic E-state index is 3.87. The zero-order valence-corrected chi connectivity index (χ0v) is 12.5. The lowest BCUT2D eigenvalue weighted by atomic mass is 9.67. The molecule has 0 aromatic heterocycles. The van der Waals surface area contributed by atoms with Crippen LogP contribution in [0.15, 0.2) is 0 Å². The van der Waals surface area contributed by atoms with Crippen LogP contribution in [0.1, 0.15) is 64.7 Å². The Bertz CT molecular complexity index is 349. The molecule has 4 unspecified atom stereocenters. The third-order valence-corrected chi connectivity index (χ3v) is 6.72. The predicted molar refractivity (Wildman–Crippen MR) is 79.2 cm³/mol. The van der Waals surface area contributed by atoms with Crippen LogP contribution >= 0.6 is 0 Å². The molecular formula is C17H30N2. The van der Waals surface area contributed by atoms with Crippen LogP contribution in [-0.4, -0.2) is 24.2 Å². The van der Waals surface area contributed by atoms with Gasteiger partial charge in [0.1, 0.15) is 0 Å². The first-order chi connectivity index (χ1) is 9.20. The first-order valence-electron chi connectivity index (χ1n) is 8.70. The summed E-state index contributed by atoms with van der Waals surface area (Å²) in [5.74, 6) is 2.98. The molecule has 2 aliphatic heterocycles. The molecule has 2 heteroatoms. The Kier molecular flexibility index (Phi) is 2.97. The zero-order chi connectivity index (χ0) is 12.9. The second-order valence-corrected chi connectivity index (χ2v) is 8.24. The molecule has 4 fully saturated rings. The minimum Gasteiger partial charge on any atom is -0.311 e. The van der Waals surface area contributed by atoms with Gasteiger partial charge in [0.2, 0.25) is 0 Å². The first kappa shape index (κ1) is 12.6. The summed E-state index contributed by atoms with van der Waals surface area (Å²) in [5.41, 5.74) is 1.19. The molecule has 4 atom stereocenters. The Morgan fingerprint density at radius 2 is 1.84 bits per heavy atom. The van der Waals surface area contributed by atoms with Crippen molar-refractivity contribution >= 4 is 0 Å². The van der Waals surface area contributed by atoms with Crippen LogP contribution in [0.3, 0.4) is 0 Å². The summed E-state index contributed by atoms with van der Waals surface area (Å²) in [6.45, 7) is 5.01. The Morgan fingerprint density at radius 3 is 2.58 bits per heavy atom. The van der Waals surface area contributed by atoms with Gasteiger partial charge < -0.3 is 10.6 Å². The van der Waals surface area contributed by atoms with Gasteiger partial charge in [0.15, 0.2) is 0 Å². The van der Waals surface area contributed by atoms with Crippen molar-refractivity contribution in [3.05, 3.63) is 0 Å². The van der Waals surface area contributed by atoms with Crippen LogP contribution in [0.4, 0.5) is 0 Å². The predicted octanol–water partition coefficient (Wildman–Crippen LogP) is 3.08. The first-order valence-corrected chi connectivity index (χ1v) is 8.70. The van der Waals surface area contributed by atoms with Gasteiger partial charge in [-0.15, -0.1) is 0 Å². The summed E-state index contributed by atoms with van der Waals surface area (Å²) in [5, 5.41) is 7.69. The molecule has 0 amide bonds. The Balaban J connectivity index is 1.33. The average Bonchev–Trinajstić information content (AvgIpc) is 2.99. The molecule has 108 valence electrons. The quantitative estimate of drug-likeness (QED) is 0.799. The van der Waals surface area contributed by atoms with Crippen LogP contribution in [-0.2, 0) is 0 Å². The molecule has 2 aliphatic carbocycles. The number of rotatable bonds is 2. The fourth-order valence-corrected chi connectivity index (χ4v) is 5.38. The van der Waals surface area contributed by atoms with Gasteiger partial charge >= 0.3 is 0 Å². The number of piperidine rings is 2. The third kappa shape index (κ3) is 2.25.